The van der Waals surface area contributed by atoms with E-state index in [1.165, 1.54) is 7.11 Å². The molecule has 8 nitrogen and oxygen atoms in total. The summed E-state index contributed by atoms with van der Waals surface area (Å²) in [5.41, 5.74) is -0.512. The Morgan fingerprint density at radius 1 is 0.743 bits per heavy atom. The molecule has 0 saturated heterocycles. The molecule has 1 rings (SSSR count). The highest BCUT2D eigenvalue weighted by atomic mass is 16.6. The highest BCUT2D eigenvalue weighted by Crippen LogP contribution is 2.26. The minimum absolute atomic E-state index is 0.108. The zero-order valence-corrected chi connectivity index (χ0v) is 22.2. The second-order valence-corrected chi connectivity index (χ2v) is 10.5. The molecule has 35 heavy (non-hydrogen) atoms. The van der Waals surface area contributed by atoms with Gasteiger partial charge in [0.2, 0.25) is 5.91 Å². The summed E-state index contributed by atoms with van der Waals surface area (Å²) in [5.74, 6) is -2.90. The molecular weight excluding hydrogens is 450 g/mol. The van der Waals surface area contributed by atoms with Gasteiger partial charge in [-0.2, -0.15) is 0 Å². The van der Waals surface area contributed by atoms with E-state index in [-0.39, 0.29) is 11.9 Å². The number of anilines is 1. The Bertz CT molecular complexity index is 820. The number of rotatable bonds is 12. The Kier molecular flexibility index (Phi) is 11.9. The molecular formula is C27H41NO7. The number of ether oxygens (including phenoxy) is 3. The van der Waals surface area contributed by atoms with E-state index in [2.05, 4.69) is 10.1 Å². The minimum atomic E-state index is -1.22. The maximum Gasteiger partial charge on any atom is 0.325 e. The normalized spacial score (nSPS) is 11.7. The van der Waals surface area contributed by atoms with E-state index in [0.717, 1.165) is 32.1 Å². The third-order valence-corrected chi connectivity index (χ3v) is 4.83. The summed E-state index contributed by atoms with van der Waals surface area (Å²) in [5, 5.41) is 2.84. The van der Waals surface area contributed by atoms with Crippen LogP contribution in [-0.2, 0) is 33.4 Å². The van der Waals surface area contributed by atoms with Gasteiger partial charge in [0.15, 0.2) is 5.92 Å². The van der Waals surface area contributed by atoms with Gasteiger partial charge in [-0.25, -0.2) is 0 Å². The Morgan fingerprint density at radius 2 is 1.20 bits per heavy atom. The smallest absolute Gasteiger partial charge is 0.325 e. The highest BCUT2D eigenvalue weighted by molar-refractivity contribution is 6.01. The molecule has 196 valence electrons. The van der Waals surface area contributed by atoms with Crippen LogP contribution in [0, 0.1) is 0 Å². The summed E-state index contributed by atoms with van der Waals surface area (Å²) in [7, 11) is 1.38. The highest BCUT2D eigenvalue weighted by Gasteiger charge is 2.36. The SMILES string of the molecule is COC(=O)CCCCCCCC(=O)Nc1ccc(C(C(=O)OC(C)(C)C)C(=O)OC(C)(C)C)cc1. The van der Waals surface area contributed by atoms with Crippen LogP contribution in [0.25, 0.3) is 0 Å². The van der Waals surface area contributed by atoms with Crippen LogP contribution in [0.5, 0.6) is 0 Å². The van der Waals surface area contributed by atoms with Crippen LogP contribution in [0.2, 0.25) is 0 Å². The molecule has 0 saturated carbocycles. The third-order valence-electron chi connectivity index (χ3n) is 4.83. The molecule has 1 aromatic carbocycles. The van der Waals surface area contributed by atoms with E-state index in [0.29, 0.717) is 24.1 Å². The summed E-state index contributed by atoms with van der Waals surface area (Å²) in [6.45, 7) is 10.4. The maximum absolute atomic E-state index is 12.8. The molecule has 0 spiro atoms. The van der Waals surface area contributed by atoms with Gasteiger partial charge in [0, 0.05) is 18.5 Å². The van der Waals surface area contributed by atoms with Crippen LogP contribution < -0.4 is 5.32 Å². The van der Waals surface area contributed by atoms with Crippen molar-refractivity contribution < 1.29 is 33.4 Å². The van der Waals surface area contributed by atoms with Gasteiger partial charge in [0.05, 0.1) is 7.11 Å². The van der Waals surface area contributed by atoms with Crippen LogP contribution in [0.15, 0.2) is 24.3 Å². The molecule has 1 amide bonds. The number of nitrogens with one attached hydrogen (secondary N) is 1. The number of methoxy groups -OCH3 is 1. The average Bonchev–Trinajstić information content (AvgIpc) is 2.71. The topological polar surface area (TPSA) is 108 Å². The predicted octanol–water partition coefficient (Wildman–Crippen LogP) is 5.30. The van der Waals surface area contributed by atoms with E-state index in [1.54, 1.807) is 65.8 Å². The third kappa shape index (κ3) is 12.9. The zero-order valence-electron chi connectivity index (χ0n) is 22.2. The Hall–Kier alpha value is -2.90. The fourth-order valence-corrected chi connectivity index (χ4v) is 3.26. The van der Waals surface area contributed by atoms with Crippen molar-refractivity contribution in [1.82, 2.24) is 0 Å². The summed E-state index contributed by atoms with van der Waals surface area (Å²) in [4.78, 5) is 48.9. The molecule has 0 aliphatic rings. The lowest BCUT2D eigenvalue weighted by Crippen LogP contribution is -2.35. The fraction of sp³-hybridized carbons (Fsp3) is 0.630. The first-order valence-corrected chi connectivity index (χ1v) is 12.1. The van der Waals surface area contributed by atoms with Gasteiger partial charge in [0.25, 0.3) is 0 Å². The second-order valence-electron chi connectivity index (χ2n) is 10.5. The summed E-state index contributed by atoms with van der Waals surface area (Å²) >= 11 is 0. The molecule has 1 aromatic rings. The minimum Gasteiger partial charge on any atom is -0.469 e. The molecule has 0 aliphatic heterocycles. The lowest BCUT2D eigenvalue weighted by molar-refractivity contribution is -0.169. The van der Waals surface area contributed by atoms with Crippen molar-refractivity contribution in [2.45, 2.75) is 104 Å². The fourth-order valence-electron chi connectivity index (χ4n) is 3.26. The predicted molar refractivity (Wildman–Crippen MR) is 134 cm³/mol. The number of hydrogen-bond donors (Lipinski definition) is 1. The van der Waals surface area contributed by atoms with Crippen molar-refractivity contribution in [3.05, 3.63) is 29.8 Å². The Labute approximate surface area is 209 Å². The number of carbonyl (C=O) groups is 4. The van der Waals surface area contributed by atoms with Gasteiger partial charge in [-0.05, 0) is 72.1 Å². The molecule has 0 fully saturated rings. The Morgan fingerprint density at radius 3 is 1.66 bits per heavy atom. The number of unbranched alkanes of at least 4 members (excludes halogenated alkanes) is 4. The summed E-state index contributed by atoms with van der Waals surface area (Å²) in [6.07, 6.45) is 5.14. The maximum atomic E-state index is 12.8. The first kappa shape index (κ1) is 30.1. The summed E-state index contributed by atoms with van der Waals surface area (Å²) < 4.78 is 15.5. The van der Waals surface area contributed by atoms with Crippen LogP contribution in [-0.4, -0.2) is 42.1 Å². The van der Waals surface area contributed by atoms with E-state index in [4.69, 9.17) is 9.47 Å². The molecule has 0 atom stereocenters. The molecule has 8 heteroatoms. The number of esters is 3. The van der Waals surface area contributed by atoms with Gasteiger partial charge in [-0.15, -0.1) is 0 Å². The number of benzene rings is 1. The van der Waals surface area contributed by atoms with Crippen LogP contribution >= 0.6 is 0 Å². The molecule has 0 radical (unpaired) electrons. The molecule has 1 N–H and O–H groups in total. The van der Waals surface area contributed by atoms with Crippen molar-refractivity contribution in [3.63, 3.8) is 0 Å². The molecule has 0 unspecified atom stereocenters. The number of carbonyl (C=O) groups excluding carboxylic acids is 4. The van der Waals surface area contributed by atoms with Gasteiger partial charge in [-0.3, -0.25) is 19.2 Å². The van der Waals surface area contributed by atoms with E-state index < -0.39 is 29.1 Å². The molecule has 0 heterocycles. The monoisotopic (exact) mass is 491 g/mol. The largest absolute Gasteiger partial charge is 0.469 e. The quantitative estimate of drug-likeness (QED) is 0.183. The van der Waals surface area contributed by atoms with E-state index in [9.17, 15) is 19.2 Å². The van der Waals surface area contributed by atoms with Crippen molar-refractivity contribution in [2.75, 3.05) is 12.4 Å². The van der Waals surface area contributed by atoms with E-state index in [1.807, 2.05) is 0 Å². The van der Waals surface area contributed by atoms with Crippen molar-refractivity contribution in [1.29, 1.82) is 0 Å². The Balaban J connectivity index is 2.66. The summed E-state index contributed by atoms with van der Waals surface area (Å²) in [6, 6.07) is 6.55. The zero-order chi connectivity index (χ0) is 26.6. The van der Waals surface area contributed by atoms with Crippen LogP contribution in [0.3, 0.4) is 0 Å². The van der Waals surface area contributed by atoms with Gasteiger partial charge in [-0.1, -0.05) is 31.4 Å². The lowest BCUT2D eigenvalue weighted by Gasteiger charge is -2.26. The standard InChI is InChI=1S/C27H41NO7/c1-26(2,3)34-24(31)23(25(32)35-27(4,5)6)19-15-17-20(18-16-19)28-21(29)13-11-9-8-10-12-14-22(30)33-7/h15-18,23H,8-14H2,1-7H3,(H,28,29). The van der Waals surface area contributed by atoms with Crippen molar-refractivity contribution >= 4 is 29.5 Å². The number of amides is 1. The van der Waals surface area contributed by atoms with Crippen LogP contribution in [0.1, 0.15) is 98.0 Å². The van der Waals surface area contributed by atoms with Gasteiger partial charge >= 0.3 is 17.9 Å². The van der Waals surface area contributed by atoms with Crippen LogP contribution in [0.4, 0.5) is 5.69 Å². The van der Waals surface area contributed by atoms with Crippen molar-refractivity contribution in [3.8, 4) is 0 Å². The molecule has 0 bridgehead atoms. The van der Waals surface area contributed by atoms with Gasteiger partial charge < -0.3 is 19.5 Å². The van der Waals surface area contributed by atoms with Gasteiger partial charge in [0.1, 0.15) is 11.2 Å². The lowest BCUT2D eigenvalue weighted by atomic mass is 9.98. The number of hydrogen-bond acceptors (Lipinski definition) is 7. The second kappa shape index (κ2) is 13.9. The van der Waals surface area contributed by atoms with Crippen molar-refractivity contribution in [2.24, 2.45) is 0 Å². The molecule has 0 aliphatic carbocycles. The molecule has 0 aromatic heterocycles. The first-order valence-electron chi connectivity index (χ1n) is 12.1. The van der Waals surface area contributed by atoms with E-state index >= 15 is 0 Å². The first-order chi connectivity index (χ1) is 16.2. The average molecular weight is 492 g/mol.